The lowest BCUT2D eigenvalue weighted by atomic mass is 9.93. The molecule has 5 heteroatoms. The van der Waals surface area contributed by atoms with Gasteiger partial charge in [0, 0.05) is 0 Å². The maximum absolute atomic E-state index is 13.4. The van der Waals surface area contributed by atoms with Crippen molar-refractivity contribution in [1.82, 2.24) is 0 Å². The predicted molar refractivity (Wildman–Crippen MR) is 53.4 cm³/mol. The molecule has 0 radical (unpaired) electrons. The van der Waals surface area contributed by atoms with Crippen molar-refractivity contribution in [3.8, 4) is 0 Å². The highest BCUT2D eigenvalue weighted by atomic mass is 19.3. The molecule has 0 aromatic heterocycles. The molecule has 0 saturated heterocycles. The summed E-state index contributed by atoms with van der Waals surface area (Å²) in [4.78, 5) is 0. The molecule has 0 saturated carbocycles. The summed E-state index contributed by atoms with van der Waals surface area (Å²) in [6.45, 7) is 2.51. The number of rotatable bonds is 3. The van der Waals surface area contributed by atoms with Crippen molar-refractivity contribution < 1.29 is 17.6 Å². The zero-order valence-corrected chi connectivity index (χ0v) is 9.03. The zero-order valence-electron chi connectivity index (χ0n) is 9.03. The summed E-state index contributed by atoms with van der Waals surface area (Å²) < 4.78 is 51.4. The first-order valence-corrected chi connectivity index (χ1v) is 4.75. The van der Waals surface area contributed by atoms with Crippen molar-refractivity contribution in [2.75, 3.05) is 0 Å². The number of alkyl halides is 2. The lowest BCUT2D eigenvalue weighted by molar-refractivity contribution is 0.0634. The fourth-order valence-corrected chi connectivity index (χ4v) is 1.31. The SMILES string of the molecule is Cc1cc(F)c(CC(C)(N)C(F)F)cc1F. The van der Waals surface area contributed by atoms with E-state index in [0.717, 1.165) is 19.1 Å². The molecule has 0 heterocycles. The second-order valence-electron chi connectivity index (χ2n) is 4.18. The molecule has 0 aliphatic rings. The quantitative estimate of drug-likeness (QED) is 0.801. The van der Waals surface area contributed by atoms with E-state index in [2.05, 4.69) is 0 Å². The number of benzene rings is 1. The van der Waals surface area contributed by atoms with E-state index < -0.39 is 30.0 Å². The van der Waals surface area contributed by atoms with Gasteiger partial charge in [-0.05, 0) is 43.5 Å². The van der Waals surface area contributed by atoms with Gasteiger partial charge < -0.3 is 5.73 Å². The highest BCUT2D eigenvalue weighted by Crippen LogP contribution is 2.22. The minimum atomic E-state index is -2.80. The van der Waals surface area contributed by atoms with Gasteiger partial charge in [-0.3, -0.25) is 0 Å². The topological polar surface area (TPSA) is 26.0 Å². The number of aryl methyl sites for hydroxylation is 1. The molecule has 1 nitrogen and oxygen atoms in total. The van der Waals surface area contributed by atoms with Gasteiger partial charge in [0.05, 0.1) is 5.54 Å². The van der Waals surface area contributed by atoms with Crippen LogP contribution in [0.2, 0.25) is 0 Å². The largest absolute Gasteiger partial charge is 0.320 e. The third kappa shape index (κ3) is 2.72. The van der Waals surface area contributed by atoms with Crippen LogP contribution in [-0.2, 0) is 6.42 Å². The molecule has 0 aliphatic carbocycles. The lowest BCUT2D eigenvalue weighted by Gasteiger charge is -2.23. The van der Waals surface area contributed by atoms with E-state index in [0.29, 0.717) is 0 Å². The van der Waals surface area contributed by atoms with Gasteiger partial charge in [-0.25, -0.2) is 17.6 Å². The molecule has 90 valence electrons. The molecule has 0 amide bonds. The summed E-state index contributed by atoms with van der Waals surface area (Å²) in [5, 5.41) is 0. The predicted octanol–water partition coefficient (Wildman–Crippen LogP) is 2.80. The monoisotopic (exact) mass is 235 g/mol. The Morgan fingerprint density at radius 2 is 1.81 bits per heavy atom. The Morgan fingerprint density at radius 1 is 1.25 bits per heavy atom. The summed E-state index contributed by atoms with van der Waals surface area (Å²) >= 11 is 0. The molecule has 1 atom stereocenters. The number of hydrogen-bond donors (Lipinski definition) is 1. The fraction of sp³-hybridized carbons (Fsp3) is 0.455. The van der Waals surface area contributed by atoms with Gasteiger partial charge in [0.2, 0.25) is 0 Å². The van der Waals surface area contributed by atoms with E-state index in [4.69, 9.17) is 5.73 Å². The van der Waals surface area contributed by atoms with Crippen LogP contribution in [0.5, 0.6) is 0 Å². The van der Waals surface area contributed by atoms with Gasteiger partial charge in [-0.1, -0.05) is 0 Å². The van der Waals surface area contributed by atoms with Crippen molar-refractivity contribution in [1.29, 1.82) is 0 Å². The van der Waals surface area contributed by atoms with Gasteiger partial charge in [-0.15, -0.1) is 0 Å². The minimum Gasteiger partial charge on any atom is -0.320 e. The third-order valence-corrected chi connectivity index (χ3v) is 2.40. The van der Waals surface area contributed by atoms with Crippen LogP contribution >= 0.6 is 0 Å². The van der Waals surface area contributed by atoms with Crippen molar-refractivity contribution in [2.45, 2.75) is 32.2 Å². The second kappa shape index (κ2) is 4.41. The average molecular weight is 235 g/mol. The van der Waals surface area contributed by atoms with E-state index in [9.17, 15) is 17.6 Å². The lowest BCUT2D eigenvalue weighted by Crippen LogP contribution is -2.46. The summed E-state index contributed by atoms with van der Waals surface area (Å²) in [6, 6.07) is 1.89. The van der Waals surface area contributed by atoms with E-state index in [1.165, 1.54) is 6.92 Å². The summed E-state index contributed by atoms with van der Waals surface area (Å²) in [7, 11) is 0. The third-order valence-electron chi connectivity index (χ3n) is 2.40. The molecule has 1 unspecified atom stereocenters. The Morgan fingerprint density at radius 3 is 2.31 bits per heavy atom. The molecule has 0 fully saturated rings. The Kier molecular flexibility index (Phi) is 3.57. The molecular formula is C11H13F4N. The van der Waals surface area contributed by atoms with Gasteiger partial charge in [0.15, 0.2) is 0 Å². The molecule has 16 heavy (non-hydrogen) atoms. The Hall–Kier alpha value is -1.10. The van der Waals surface area contributed by atoms with E-state index in [1.54, 1.807) is 0 Å². The van der Waals surface area contributed by atoms with Crippen LogP contribution in [0.15, 0.2) is 12.1 Å². The Bertz CT molecular complexity index is 388. The molecule has 0 bridgehead atoms. The molecule has 1 aromatic rings. The highest BCUT2D eigenvalue weighted by molar-refractivity contribution is 5.26. The zero-order chi connectivity index (χ0) is 12.5. The number of hydrogen-bond acceptors (Lipinski definition) is 1. The van der Waals surface area contributed by atoms with E-state index in [-0.39, 0.29) is 11.1 Å². The van der Waals surface area contributed by atoms with Gasteiger partial charge in [-0.2, -0.15) is 0 Å². The Labute approximate surface area is 91.3 Å². The van der Waals surface area contributed by atoms with E-state index in [1.807, 2.05) is 0 Å². The number of nitrogens with two attached hydrogens (primary N) is 1. The summed E-state index contributed by atoms with van der Waals surface area (Å²) in [5.41, 5.74) is 3.46. The molecule has 1 rings (SSSR count). The fourth-order valence-electron chi connectivity index (χ4n) is 1.31. The van der Waals surface area contributed by atoms with Crippen LogP contribution in [0, 0.1) is 18.6 Å². The standard InChI is InChI=1S/C11H13F4N/c1-6-3-9(13)7(4-8(6)12)5-11(2,16)10(14)15/h3-4,10H,5,16H2,1-2H3. The number of halogens is 4. The van der Waals surface area contributed by atoms with Crippen LogP contribution < -0.4 is 5.73 Å². The first-order valence-electron chi connectivity index (χ1n) is 4.75. The molecule has 0 aliphatic heterocycles. The normalized spacial score (nSPS) is 15.2. The molecular weight excluding hydrogens is 222 g/mol. The maximum atomic E-state index is 13.4. The van der Waals surface area contributed by atoms with Crippen molar-refractivity contribution in [3.63, 3.8) is 0 Å². The molecule has 0 spiro atoms. The first-order chi connectivity index (χ1) is 7.24. The van der Waals surface area contributed by atoms with Crippen LogP contribution in [0.3, 0.4) is 0 Å². The van der Waals surface area contributed by atoms with Gasteiger partial charge in [0.25, 0.3) is 6.43 Å². The average Bonchev–Trinajstić information content (AvgIpc) is 2.13. The molecule has 2 N–H and O–H groups in total. The van der Waals surface area contributed by atoms with Gasteiger partial charge in [0.1, 0.15) is 11.6 Å². The summed E-state index contributed by atoms with van der Waals surface area (Å²) in [5.74, 6) is -1.34. The summed E-state index contributed by atoms with van der Waals surface area (Å²) in [6.07, 6.45) is -3.20. The van der Waals surface area contributed by atoms with Crippen LogP contribution in [0.4, 0.5) is 17.6 Å². The van der Waals surface area contributed by atoms with Crippen molar-refractivity contribution in [3.05, 3.63) is 34.9 Å². The van der Waals surface area contributed by atoms with Gasteiger partial charge >= 0.3 is 0 Å². The van der Waals surface area contributed by atoms with E-state index >= 15 is 0 Å². The molecule has 1 aromatic carbocycles. The van der Waals surface area contributed by atoms with Crippen LogP contribution in [0.25, 0.3) is 0 Å². The van der Waals surface area contributed by atoms with Crippen LogP contribution in [0.1, 0.15) is 18.1 Å². The maximum Gasteiger partial charge on any atom is 0.256 e. The highest BCUT2D eigenvalue weighted by Gasteiger charge is 2.31. The Balaban J connectivity index is 3.02. The van der Waals surface area contributed by atoms with Crippen LogP contribution in [-0.4, -0.2) is 12.0 Å². The first kappa shape index (κ1) is 13.0. The van der Waals surface area contributed by atoms with Crippen molar-refractivity contribution >= 4 is 0 Å². The second-order valence-corrected chi connectivity index (χ2v) is 4.18. The van der Waals surface area contributed by atoms with Crippen molar-refractivity contribution in [2.24, 2.45) is 5.73 Å². The smallest absolute Gasteiger partial charge is 0.256 e. The minimum absolute atomic E-state index is 0.131.